The summed E-state index contributed by atoms with van der Waals surface area (Å²) >= 11 is 0. The summed E-state index contributed by atoms with van der Waals surface area (Å²) in [6.45, 7) is 4.14. The average Bonchev–Trinajstić information content (AvgIpc) is 3.68. The van der Waals surface area contributed by atoms with Gasteiger partial charge in [-0.2, -0.15) is 0 Å². The minimum absolute atomic E-state index is 0.147. The highest BCUT2D eigenvalue weighted by Gasteiger charge is 2.36. The van der Waals surface area contributed by atoms with Gasteiger partial charge in [0.15, 0.2) is 11.6 Å². The SMILES string of the molecule is Cc1cccc(C(=N)N(C(=N)c2ccccc2)c2ccc(C3(c4ccc(-n5c(-c6ccccc6)nnc5-c5cccc(C)c5)cc4)CCCCC3)cc2)c1. The van der Waals surface area contributed by atoms with Crippen molar-refractivity contribution in [2.75, 3.05) is 4.90 Å². The Hall–Kier alpha value is -6.40. The van der Waals surface area contributed by atoms with E-state index in [1.165, 1.54) is 23.1 Å². The molecule has 8 rings (SSSR count). The van der Waals surface area contributed by atoms with Crippen LogP contribution in [0.4, 0.5) is 5.69 Å². The van der Waals surface area contributed by atoms with Crippen LogP contribution in [-0.4, -0.2) is 26.4 Å². The summed E-state index contributed by atoms with van der Waals surface area (Å²) in [5, 5.41) is 28.0. The van der Waals surface area contributed by atoms with Gasteiger partial charge < -0.3 is 0 Å². The van der Waals surface area contributed by atoms with Gasteiger partial charge in [0.05, 0.1) is 0 Å². The Labute approximate surface area is 317 Å². The van der Waals surface area contributed by atoms with Crippen LogP contribution in [0.5, 0.6) is 0 Å². The van der Waals surface area contributed by atoms with Crippen LogP contribution >= 0.6 is 0 Å². The van der Waals surface area contributed by atoms with E-state index in [2.05, 4.69) is 96.4 Å². The van der Waals surface area contributed by atoms with Crippen LogP contribution < -0.4 is 4.90 Å². The maximum Gasteiger partial charge on any atom is 0.168 e. The minimum Gasteiger partial charge on any atom is -0.284 e. The van der Waals surface area contributed by atoms with Crippen molar-refractivity contribution in [3.05, 3.63) is 191 Å². The predicted octanol–water partition coefficient (Wildman–Crippen LogP) is 11.3. The summed E-state index contributed by atoms with van der Waals surface area (Å²) in [6.07, 6.45) is 5.67. The molecule has 6 heteroatoms. The zero-order chi connectivity index (χ0) is 37.1. The fourth-order valence-corrected chi connectivity index (χ4v) is 8.05. The van der Waals surface area contributed by atoms with Crippen LogP contribution in [0.1, 0.15) is 65.5 Å². The number of amidine groups is 2. The number of nitrogens with one attached hydrogen (secondary N) is 2. The topological polar surface area (TPSA) is 81.7 Å². The van der Waals surface area contributed by atoms with E-state index in [-0.39, 0.29) is 17.1 Å². The van der Waals surface area contributed by atoms with Gasteiger partial charge >= 0.3 is 0 Å². The van der Waals surface area contributed by atoms with Crippen molar-refractivity contribution in [2.24, 2.45) is 0 Å². The van der Waals surface area contributed by atoms with Gasteiger partial charge in [-0.1, -0.05) is 152 Å². The van der Waals surface area contributed by atoms with Crippen molar-refractivity contribution < 1.29 is 0 Å². The number of hydrogen-bond donors (Lipinski definition) is 2. The van der Waals surface area contributed by atoms with Crippen LogP contribution in [0.2, 0.25) is 0 Å². The Balaban J connectivity index is 1.17. The lowest BCUT2D eigenvalue weighted by molar-refractivity contribution is 0.346. The maximum atomic E-state index is 9.33. The Morgan fingerprint density at radius 1 is 0.537 bits per heavy atom. The van der Waals surface area contributed by atoms with Gasteiger partial charge in [0.1, 0.15) is 11.7 Å². The van der Waals surface area contributed by atoms with E-state index in [4.69, 9.17) is 10.2 Å². The Morgan fingerprint density at radius 3 is 1.69 bits per heavy atom. The van der Waals surface area contributed by atoms with Crippen LogP contribution in [0.15, 0.2) is 158 Å². The van der Waals surface area contributed by atoms with E-state index < -0.39 is 0 Å². The zero-order valence-electron chi connectivity index (χ0n) is 30.8. The third-order valence-electron chi connectivity index (χ3n) is 10.8. The van der Waals surface area contributed by atoms with E-state index in [1.54, 1.807) is 4.90 Å². The Morgan fingerprint density at radius 2 is 1.06 bits per heavy atom. The lowest BCUT2D eigenvalue weighted by atomic mass is 9.65. The van der Waals surface area contributed by atoms with Crippen molar-refractivity contribution in [1.29, 1.82) is 10.8 Å². The molecule has 1 aliphatic rings. The smallest absolute Gasteiger partial charge is 0.168 e. The summed E-state index contributed by atoms with van der Waals surface area (Å²) in [4.78, 5) is 1.76. The fraction of sp³-hybridized carbons (Fsp3) is 0.167. The van der Waals surface area contributed by atoms with Gasteiger partial charge in [-0.3, -0.25) is 20.3 Å². The molecule has 0 amide bonds. The maximum absolute atomic E-state index is 9.33. The minimum atomic E-state index is -0.147. The van der Waals surface area contributed by atoms with E-state index in [0.29, 0.717) is 0 Å². The van der Waals surface area contributed by atoms with Gasteiger partial charge in [-0.15, -0.1) is 10.2 Å². The highest BCUT2D eigenvalue weighted by Crippen LogP contribution is 2.46. The van der Waals surface area contributed by atoms with Gasteiger partial charge in [-0.05, 0) is 74.2 Å². The molecule has 54 heavy (non-hydrogen) atoms. The lowest BCUT2D eigenvalue weighted by Crippen LogP contribution is -2.37. The fourth-order valence-electron chi connectivity index (χ4n) is 8.05. The zero-order valence-corrected chi connectivity index (χ0v) is 30.8. The Bertz CT molecular complexity index is 2400. The van der Waals surface area contributed by atoms with Crippen LogP contribution in [-0.2, 0) is 5.41 Å². The van der Waals surface area contributed by atoms with Crippen molar-refractivity contribution in [3.63, 3.8) is 0 Å². The van der Waals surface area contributed by atoms with Crippen LogP contribution in [0.3, 0.4) is 0 Å². The summed E-state index contributed by atoms with van der Waals surface area (Å²) in [5.41, 5.74) is 10.1. The van der Waals surface area contributed by atoms with Gasteiger partial charge in [0.2, 0.25) is 0 Å². The molecule has 1 aliphatic carbocycles. The van der Waals surface area contributed by atoms with Gasteiger partial charge in [-0.25, -0.2) is 0 Å². The van der Waals surface area contributed by atoms with Crippen molar-refractivity contribution in [3.8, 4) is 28.5 Å². The quantitative estimate of drug-likeness (QED) is 0.122. The van der Waals surface area contributed by atoms with Crippen LogP contribution in [0.25, 0.3) is 28.5 Å². The summed E-state index contributed by atoms with van der Waals surface area (Å²) in [5.74, 6) is 2.17. The summed E-state index contributed by atoms with van der Waals surface area (Å²) in [7, 11) is 0. The third kappa shape index (κ3) is 6.67. The van der Waals surface area contributed by atoms with Gasteiger partial charge in [0, 0.05) is 39.0 Å². The monoisotopic (exact) mass is 704 g/mol. The predicted molar refractivity (Wildman–Crippen MR) is 221 cm³/mol. The van der Waals surface area contributed by atoms with Crippen molar-refractivity contribution in [1.82, 2.24) is 14.8 Å². The summed E-state index contributed by atoms with van der Waals surface area (Å²) in [6, 6.07) is 54.1. The number of rotatable bonds is 8. The molecule has 1 heterocycles. The van der Waals surface area contributed by atoms with Crippen molar-refractivity contribution >= 4 is 17.4 Å². The molecular weight excluding hydrogens is 661 g/mol. The highest BCUT2D eigenvalue weighted by atomic mass is 15.3. The molecule has 0 radical (unpaired) electrons. The van der Waals surface area contributed by atoms with Crippen molar-refractivity contribution in [2.45, 2.75) is 51.4 Å². The molecule has 6 aromatic carbocycles. The third-order valence-corrected chi connectivity index (χ3v) is 10.8. The van der Waals surface area contributed by atoms with Gasteiger partial charge in [0.25, 0.3) is 0 Å². The molecule has 1 saturated carbocycles. The molecule has 0 spiro atoms. The number of benzene rings is 6. The molecule has 0 atom stereocenters. The van der Waals surface area contributed by atoms with E-state index in [0.717, 1.165) is 76.5 Å². The van der Waals surface area contributed by atoms with E-state index >= 15 is 0 Å². The van der Waals surface area contributed by atoms with E-state index in [9.17, 15) is 10.8 Å². The molecular formula is C48H44N6. The molecule has 6 nitrogen and oxygen atoms in total. The molecule has 1 fully saturated rings. The molecule has 0 aliphatic heterocycles. The van der Waals surface area contributed by atoms with E-state index in [1.807, 2.05) is 79.7 Å². The first kappa shape index (κ1) is 34.7. The number of aryl methyl sites for hydroxylation is 2. The number of aromatic nitrogens is 3. The highest BCUT2D eigenvalue weighted by molar-refractivity contribution is 6.27. The first-order valence-corrected chi connectivity index (χ1v) is 18.8. The van der Waals surface area contributed by atoms with Crippen LogP contribution in [0, 0.1) is 24.7 Å². The molecule has 1 aromatic heterocycles. The first-order valence-electron chi connectivity index (χ1n) is 18.8. The molecule has 266 valence electrons. The second-order valence-corrected chi connectivity index (χ2v) is 14.4. The largest absolute Gasteiger partial charge is 0.284 e. The molecule has 7 aromatic rings. The molecule has 2 N–H and O–H groups in total. The second kappa shape index (κ2) is 14.9. The molecule has 0 bridgehead atoms. The first-order chi connectivity index (χ1) is 26.4. The number of nitrogens with zero attached hydrogens (tertiary/aromatic N) is 4. The second-order valence-electron chi connectivity index (χ2n) is 14.4. The number of hydrogen-bond acceptors (Lipinski definition) is 4. The summed E-state index contributed by atoms with van der Waals surface area (Å²) < 4.78 is 2.18. The Kier molecular flexibility index (Phi) is 9.58. The standard InChI is InChI=1S/C48H44N6/c1-34-14-12-20-38(32-34)45(50)53(44(49)36-16-6-3-7-17-36)42-26-22-40(23-27-42)48(30-10-5-11-31-48)41-24-28-43(29-25-41)54-46(37-18-8-4-9-19-37)51-52-47(54)39-21-13-15-35(2)33-39/h3-4,6-9,12-29,32-33,49-50H,5,10-11,30-31H2,1-2H3. The lowest BCUT2D eigenvalue weighted by Gasteiger charge is -2.39. The molecule has 0 saturated heterocycles. The molecule has 0 unspecified atom stereocenters. The number of anilines is 1. The normalized spacial score (nSPS) is 13.7. The average molecular weight is 705 g/mol.